The number of carbonyl (C=O) groups excluding carboxylic acids is 1. The lowest BCUT2D eigenvalue weighted by atomic mass is 10.0. The molecule has 0 radical (unpaired) electrons. The first-order valence-corrected chi connectivity index (χ1v) is 11.1. The molecule has 162 valence electrons. The summed E-state index contributed by atoms with van der Waals surface area (Å²) in [4.78, 5) is 15.0. The van der Waals surface area contributed by atoms with Crippen LogP contribution >= 0.6 is 0 Å². The molecule has 1 aromatic heterocycles. The van der Waals surface area contributed by atoms with Gasteiger partial charge < -0.3 is 19.5 Å². The zero-order chi connectivity index (χ0) is 21.9. The van der Waals surface area contributed by atoms with Crippen molar-refractivity contribution in [3.8, 4) is 5.75 Å². The van der Waals surface area contributed by atoms with Crippen LogP contribution < -0.4 is 10.1 Å². The third kappa shape index (κ3) is 3.82. The Hall–Kier alpha value is -3.73. The molecule has 2 amide bonds. The van der Waals surface area contributed by atoms with Crippen molar-refractivity contribution in [2.24, 2.45) is 0 Å². The van der Waals surface area contributed by atoms with Gasteiger partial charge in [-0.15, -0.1) is 0 Å². The molecule has 32 heavy (non-hydrogen) atoms. The largest absolute Gasteiger partial charge is 0.492 e. The Morgan fingerprint density at radius 2 is 1.72 bits per heavy atom. The maximum absolute atomic E-state index is 13.1. The van der Waals surface area contributed by atoms with Crippen LogP contribution in [0.5, 0.6) is 5.75 Å². The van der Waals surface area contributed by atoms with Gasteiger partial charge in [-0.3, -0.25) is 0 Å². The molecule has 5 rings (SSSR count). The molecule has 1 aliphatic heterocycles. The molecule has 2 heterocycles. The zero-order valence-electron chi connectivity index (χ0n) is 18.3. The summed E-state index contributed by atoms with van der Waals surface area (Å²) >= 11 is 0. The lowest BCUT2D eigenvalue weighted by Crippen LogP contribution is -2.39. The van der Waals surface area contributed by atoms with E-state index in [2.05, 4.69) is 58.4 Å². The number of ether oxygens (including phenoxy) is 1. The number of amides is 2. The minimum Gasteiger partial charge on any atom is -0.492 e. The molecule has 5 heteroatoms. The normalized spacial score (nSPS) is 13.1. The Morgan fingerprint density at radius 3 is 2.56 bits per heavy atom. The van der Waals surface area contributed by atoms with Crippen molar-refractivity contribution in [1.82, 2.24) is 9.47 Å². The van der Waals surface area contributed by atoms with Crippen molar-refractivity contribution in [2.45, 2.75) is 26.4 Å². The summed E-state index contributed by atoms with van der Waals surface area (Å²) in [5.41, 5.74) is 5.79. The number of benzene rings is 3. The van der Waals surface area contributed by atoms with Crippen molar-refractivity contribution in [3.05, 3.63) is 95.7 Å². The van der Waals surface area contributed by atoms with Crippen LogP contribution in [0.25, 0.3) is 10.9 Å². The van der Waals surface area contributed by atoms with Gasteiger partial charge in [-0.1, -0.05) is 60.7 Å². The van der Waals surface area contributed by atoms with Crippen molar-refractivity contribution in [3.63, 3.8) is 0 Å². The van der Waals surface area contributed by atoms with Gasteiger partial charge in [-0.05, 0) is 30.7 Å². The van der Waals surface area contributed by atoms with Crippen LogP contribution in [0.15, 0.2) is 78.9 Å². The molecule has 0 atom stereocenters. The van der Waals surface area contributed by atoms with E-state index in [-0.39, 0.29) is 6.03 Å². The summed E-state index contributed by atoms with van der Waals surface area (Å²) in [5.74, 6) is 0.695. The highest BCUT2D eigenvalue weighted by Crippen LogP contribution is 2.32. The number of urea groups is 1. The summed E-state index contributed by atoms with van der Waals surface area (Å²) in [6, 6.07) is 26.5. The first-order chi connectivity index (χ1) is 15.7. The number of fused-ring (bicyclic) bond motifs is 3. The second-order valence-electron chi connectivity index (χ2n) is 8.05. The number of hydrogen-bond donors (Lipinski definition) is 1. The minimum absolute atomic E-state index is 0.0947. The molecule has 5 nitrogen and oxygen atoms in total. The van der Waals surface area contributed by atoms with Crippen molar-refractivity contribution in [1.29, 1.82) is 0 Å². The fraction of sp³-hybridized carbons (Fsp3) is 0.222. The number of carbonyl (C=O) groups is 1. The molecule has 0 unspecified atom stereocenters. The second-order valence-corrected chi connectivity index (χ2v) is 8.05. The molecular formula is C27H27N3O2. The fourth-order valence-corrected chi connectivity index (χ4v) is 4.57. The van der Waals surface area contributed by atoms with Gasteiger partial charge in [0.25, 0.3) is 0 Å². The lowest BCUT2D eigenvalue weighted by molar-refractivity contribution is 0.206. The third-order valence-corrected chi connectivity index (χ3v) is 6.06. The van der Waals surface area contributed by atoms with Crippen LogP contribution in [0.3, 0.4) is 0 Å². The molecule has 3 aromatic carbocycles. The van der Waals surface area contributed by atoms with Crippen LogP contribution in [0.2, 0.25) is 0 Å². The van der Waals surface area contributed by atoms with Crippen molar-refractivity contribution >= 4 is 22.6 Å². The van der Waals surface area contributed by atoms with Crippen LogP contribution in [0.1, 0.15) is 23.7 Å². The molecular weight excluding hydrogens is 398 g/mol. The number of nitrogens with one attached hydrogen (secondary N) is 1. The summed E-state index contributed by atoms with van der Waals surface area (Å²) < 4.78 is 8.08. The standard InChI is InChI=1S/C27H27N3O2/c1-2-32-26-15-9-7-13-23(26)28-27(31)29-17-16-25-22(19-29)21-12-6-8-14-24(21)30(25)18-20-10-4-3-5-11-20/h3-15H,2,16-19H2,1H3,(H,28,31). The Morgan fingerprint density at radius 1 is 0.969 bits per heavy atom. The van der Waals surface area contributed by atoms with Gasteiger partial charge in [0.1, 0.15) is 5.75 Å². The van der Waals surface area contributed by atoms with E-state index in [9.17, 15) is 4.79 Å². The van der Waals surface area contributed by atoms with Gasteiger partial charge in [-0.2, -0.15) is 0 Å². The molecule has 0 fully saturated rings. The average Bonchev–Trinajstić information content (AvgIpc) is 3.14. The van der Waals surface area contributed by atoms with Crippen molar-refractivity contribution in [2.75, 3.05) is 18.5 Å². The van der Waals surface area contributed by atoms with Gasteiger partial charge in [0.15, 0.2) is 0 Å². The van der Waals surface area contributed by atoms with Crippen LogP contribution in [-0.4, -0.2) is 28.6 Å². The topological polar surface area (TPSA) is 46.5 Å². The van der Waals surface area contributed by atoms with E-state index in [1.165, 1.54) is 27.7 Å². The van der Waals surface area contributed by atoms with Gasteiger partial charge >= 0.3 is 6.03 Å². The predicted octanol–water partition coefficient (Wildman–Crippen LogP) is 5.68. The van der Waals surface area contributed by atoms with Crippen LogP contribution in [0, 0.1) is 0 Å². The molecule has 1 N–H and O–H groups in total. The zero-order valence-corrected chi connectivity index (χ0v) is 18.3. The van der Waals surface area contributed by atoms with Gasteiger partial charge in [0, 0.05) is 48.2 Å². The molecule has 0 saturated heterocycles. The summed E-state index contributed by atoms with van der Waals surface area (Å²) in [5, 5.41) is 4.27. The Labute approximate surface area is 188 Å². The van der Waals surface area contributed by atoms with Gasteiger partial charge in [-0.25, -0.2) is 4.79 Å². The number of anilines is 1. The molecule has 0 aliphatic carbocycles. The fourth-order valence-electron chi connectivity index (χ4n) is 4.57. The Bertz CT molecular complexity index is 1250. The first kappa shape index (κ1) is 20.2. The molecule has 0 bridgehead atoms. The number of aromatic nitrogens is 1. The lowest BCUT2D eigenvalue weighted by Gasteiger charge is -2.29. The average molecular weight is 426 g/mol. The van der Waals surface area contributed by atoms with Crippen LogP contribution in [-0.2, 0) is 19.5 Å². The summed E-state index contributed by atoms with van der Waals surface area (Å²) in [6.07, 6.45) is 0.831. The van der Waals surface area contributed by atoms with Crippen molar-refractivity contribution < 1.29 is 9.53 Å². The van der Waals surface area contributed by atoms with Gasteiger partial charge in [0.05, 0.1) is 12.3 Å². The predicted molar refractivity (Wildman–Crippen MR) is 128 cm³/mol. The Kier molecular flexibility index (Phi) is 5.55. The smallest absolute Gasteiger partial charge is 0.322 e. The SMILES string of the molecule is CCOc1ccccc1NC(=O)N1CCc2c(c3ccccc3n2Cc2ccccc2)C1. The second kappa shape index (κ2) is 8.79. The molecule has 0 saturated carbocycles. The Balaban J connectivity index is 1.43. The monoisotopic (exact) mass is 425 g/mol. The highest BCUT2D eigenvalue weighted by atomic mass is 16.5. The number of rotatable bonds is 5. The van der Waals surface area contributed by atoms with E-state index in [0.29, 0.717) is 31.1 Å². The maximum atomic E-state index is 13.1. The van der Waals surface area contributed by atoms with E-state index in [1.807, 2.05) is 42.2 Å². The first-order valence-electron chi connectivity index (χ1n) is 11.1. The van der Waals surface area contributed by atoms with E-state index >= 15 is 0 Å². The molecule has 4 aromatic rings. The van der Waals surface area contributed by atoms with E-state index in [4.69, 9.17) is 4.74 Å². The van der Waals surface area contributed by atoms with Crippen LogP contribution in [0.4, 0.5) is 10.5 Å². The van der Waals surface area contributed by atoms with Gasteiger partial charge in [0.2, 0.25) is 0 Å². The number of para-hydroxylation sites is 3. The summed E-state index contributed by atoms with van der Waals surface area (Å²) in [6.45, 7) is 4.61. The number of hydrogen-bond acceptors (Lipinski definition) is 2. The maximum Gasteiger partial charge on any atom is 0.322 e. The third-order valence-electron chi connectivity index (χ3n) is 6.06. The molecule has 1 aliphatic rings. The van der Waals surface area contributed by atoms with E-state index in [1.54, 1.807) is 0 Å². The highest BCUT2D eigenvalue weighted by molar-refractivity contribution is 5.92. The number of nitrogens with zero attached hydrogens (tertiary/aromatic N) is 2. The summed E-state index contributed by atoms with van der Waals surface area (Å²) in [7, 11) is 0. The minimum atomic E-state index is -0.0947. The van der Waals surface area contributed by atoms with E-state index in [0.717, 1.165) is 13.0 Å². The highest BCUT2D eigenvalue weighted by Gasteiger charge is 2.27. The molecule has 0 spiro atoms. The van der Waals surface area contributed by atoms with E-state index < -0.39 is 0 Å². The quantitative estimate of drug-likeness (QED) is 0.447.